The second-order valence-electron chi connectivity index (χ2n) is 4.10. The average molecular weight is 273 g/mol. The number of nitrogens with zero attached hydrogens (tertiary/aromatic N) is 2. The molecule has 2 rings (SSSR count). The van der Waals surface area contributed by atoms with Crippen molar-refractivity contribution in [1.82, 2.24) is 9.97 Å². The third-order valence-electron chi connectivity index (χ3n) is 2.92. The summed E-state index contributed by atoms with van der Waals surface area (Å²) in [5.74, 6) is 2.06. The Bertz CT molecular complexity index is 388. The third kappa shape index (κ3) is 3.16. The average Bonchev–Trinajstić information content (AvgIpc) is 2.72. The number of halogens is 1. The van der Waals surface area contributed by atoms with Gasteiger partial charge in [-0.25, -0.2) is 4.98 Å². The first-order chi connectivity index (χ1) is 8.20. The van der Waals surface area contributed by atoms with Crippen LogP contribution in [0.25, 0.3) is 0 Å². The third-order valence-corrected chi connectivity index (χ3v) is 4.52. The van der Waals surface area contributed by atoms with E-state index in [1.165, 1.54) is 12.8 Å². The van der Waals surface area contributed by atoms with Gasteiger partial charge in [0.1, 0.15) is 5.02 Å². The molecule has 0 amide bonds. The minimum Gasteiger partial charge on any atom is -0.368 e. The predicted molar refractivity (Wildman–Crippen MR) is 74.6 cm³/mol. The number of hydrogen-bond acceptors (Lipinski definition) is 5. The van der Waals surface area contributed by atoms with Gasteiger partial charge in [0, 0.05) is 11.3 Å². The predicted octanol–water partition coefficient (Wildman–Crippen LogP) is 2.80. The zero-order chi connectivity index (χ0) is 12.3. The van der Waals surface area contributed by atoms with Crippen molar-refractivity contribution in [3.63, 3.8) is 0 Å². The van der Waals surface area contributed by atoms with Crippen LogP contribution in [0.5, 0.6) is 0 Å². The minimum absolute atomic E-state index is 0.259. The molecule has 1 fully saturated rings. The number of thioether (sulfide) groups is 1. The molecular formula is C11H17ClN4S. The molecule has 6 heteroatoms. The number of nitrogens with one attached hydrogen (secondary N) is 1. The van der Waals surface area contributed by atoms with E-state index in [1.54, 1.807) is 6.20 Å². The van der Waals surface area contributed by atoms with E-state index in [9.17, 15) is 0 Å². The molecule has 3 N–H and O–H groups in total. The molecule has 0 spiro atoms. The summed E-state index contributed by atoms with van der Waals surface area (Å²) >= 11 is 8.05. The molecule has 4 nitrogen and oxygen atoms in total. The van der Waals surface area contributed by atoms with Crippen LogP contribution >= 0.6 is 23.4 Å². The smallest absolute Gasteiger partial charge is 0.222 e. The van der Waals surface area contributed by atoms with Crippen LogP contribution in [0.3, 0.4) is 0 Å². The van der Waals surface area contributed by atoms with E-state index < -0.39 is 0 Å². The van der Waals surface area contributed by atoms with Gasteiger partial charge in [-0.1, -0.05) is 24.9 Å². The van der Waals surface area contributed by atoms with Crippen molar-refractivity contribution in [2.24, 2.45) is 0 Å². The molecule has 0 saturated heterocycles. The first kappa shape index (κ1) is 12.8. The highest BCUT2D eigenvalue weighted by Gasteiger charge is 2.27. The van der Waals surface area contributed by atoms with E-state index in [-0.39, 0.29) is 5.95 Å². The molecular weight excluding hydrogens is 256 g/mol. The highest BCUT2D eigenvalue weighted by molar-refractivity contribution is 7.99. The normalized spacial score (nSPS) is 23.9. The summed E-state index contributed by atoms with van der Waals surface area (Å²) in [5.41, 5.74) is 5.57. The molecule has 1 aromatic heterocycles. The molecule has 1 aliphatic rings. The van der Waals surface area contributed by atoms with Crippen molar-refractivity contribution < 1.29 is 0 Å². The fraction of sp³-hybridized carbons (Fsp3) is 0.636. The van der Waals surface area contributed by atoms with Gasteiger partial charge in [-0.05, 0) is 18.6 Å². The van der Waals surface area contributed by atoms with E-state index >= 15 is 0 Å². The van der Waals surface area contributed by atoms with Crippen molar-refractivity contribution in [1.29, 1.82) is 0 Å². The zero-order valence-electron chi connectivity index (χ0n) is 9.82. The molecule has 0 aromatic carbocycles. The molecule has 1 aromatic rings. The number of nitrogen functional groups attached to an aromatic ring is 1. The van der Waals surface area contributed by atoms with Crippen molar-refractivity contribution in [3.8, 4) is 0 Å². The lowest BCUT2D eigenvalue weighted by atomic mass is 10.2. The van der Waals surface area contributed by atoms with Gasteiger partial charge in [0.05, 0.1) is 6.20 Å². The molecule has 1 saturated carbocycles. The molecule has 1 aliphatic carbocycles. The Balaban J connectivity index is 2.06. The SMILES string of the molecule is CCSC1CCCC1Nc1nc(N)ncc1Cl. The maximum atomic E-state index is 6.05. The molecule has 1 heterocycles. The van der Waals surface area contributed by atoms with E-state index in [1.807, 2.05) is 11.8 Å². The van der Waals surface area contributed by atoms with Gasteiger partial charge in [0.2, 0.25) is 5.95 Å². The lowest BCUT2D eigenvalue weighted by molar-refractivity contribution is 0.762. The fourth-order valence-electron chi connectivity index (χ4n) is 2.16. The van der Waals surface area contributed by atoms with Crippen LogP contribution in [0, 0.1) is 0 Å². The Labute approximate surface area is 111 Å². The Kier molecular flexibility index (Phi) is 4.34. The molecule has 2 atom stereocenters. The van der Waals surface area contributed by atoms with Gasteiger partial charge in [-0.3, -0.25) is 0 Å². The highest BCUT2D eigenvalue weighted by Crippen LogP contribution is 2.33. The maximum Gasteiger partial charge on any atom is 0.222 e. The standard InChI is InChI=1S/C11H17ClN4S/c1-2-17-9-5-3-4-8(9)15-10-7(12)6-14-11(13)16-10/h6,8-9H,2-5H2,1H3,(H3,13,14,15,16). The van der Waals surface area contributed by atoms with Crippen LogP contribution < -0.4 is 11.1 Å². The minimum atomic E-state index is 0.259. The van der Waals surface area contributed by atoms with E-state index in [4.69, 9.17) is 17.3 Å². The number of hydrogen-bond donors (Lipinski definition) is 2. The monoisotopic (exact) mass is 272 g/mol. The van der Waals surface area contributed by atoms with Crippen LogP contribution in [-0.4, -0.2) is 27.0 Å². The lowest BCUT2D eigenvalue weighted by Gasteiger charge is -2.21. The van der Waals surface area contributed by atoms with Gasteiger partial charge in [0.15, 0.2) is 5.82 Å². The summed E-state index contributed by atoms with van der Waals surface area (Å²) in [6.07, 6.45) is 5.23. The van der Waals surface area contributed by atoms with Crippen LogP contribution in [0.4, 0.5) is 11.8 Å². The van der Waals surface area contributed by atoms with Gasteiger partial charge in [0.25, 0.3) is 0 Å². The van der Waals surface area contributed by atoms with Gasteiger partial charge >= 0.3 is 0 Å². The first-order valence-electron chi connectivity index (χ1n) is 5.87. The van der Waals surface area contributed by atoms with E-state index in [0.717, 1.165) is 12.2 Å². The molecule has 0 bridgehead atoms. The Hall–Kier alpha value is -0.680. The second kappa shape index (κ2) is 5.78. The Morgan fingerprint density at radius 2 is 2.41 bits per heavy atom. The van der Waals surface area contributed by atoms with Crippen LogP contribution in [0.15, 0.2) is 6.20 Å². The number of nitrogens with two attached hydrogens (primary N) is 1. The van der Waals surface area contributed by atoms with E-state index in [2.05, 4.69) is 22.2 Å². The summed E-state index contributed by atoms with van der Waals surface area (Å²) in [5, 5.41) is 4.58. The highest BCUT2D eigenvalue weighted by atomic mass is 35.5. The van der Waals surface area contributed by atoms with Gasteiger partial charge in [-0.2, -0.15) is 16.7 Å². The number of anilines is 2. The topological polar surface area (TPSA) is 63.8 Å². The zero-order valence-corrected chi connectivity index (χ0v) is 11.4. The number of rotatable bonds is 4. The number of aromatic nitrogens is 2. The largest absolute Gasteiger partial charge is 0.368 e. The molecule has 2 unspecified atom stereocenters. The van der Waals surface area contributed by atoms with Crippen molar-refractivity contribution >= 4 is 35.1 Å². The van der Waals surface area contributed by atoms with Crippen LogP contribution in [-0.2, 0) is 0 Å². The first-order valence-corrected chi connectivity index (χ1v) is 7.29. The van der Waals surface area contributed by atoms with Gasteiger partial charge < -0.3 is 11.1 Å². The van der Waals surface area contributed by atoms with E-state index in [0.29, 0.717) is 22.1 Å². The fourth-order valence-corrected chi connectivity index (χ4v) is 3.51. The van der Waals surface area contributed by atoms with Crippen LogP contribution in [0.1, 0.15) is 26.2 Å². The molecule has 0 radical (unpaired) electrons. The molecule has 0 aliphatic heterocycles. The summed E-state index contributed by atoms with van der Waals surface area (Å²) in [7, 11) is 0. The van der Waals surface area contributed by atoms with Gasteiger partial charge in [-0.15, -0.1) is 0 Å². The van der Waals surface area contributed by atoms with Crippen molar-refractivity contribution in [3.05, 3.63) is 11.2 Å². The lowest BCUT2D eigenvalue weighted by Crippen LogP contribution is -2.27. The summed E-state index contributed by atoms with van der Waals surface area (Å²) < 4.78 is 0. The molecule has 17 heavy (non-hydrogen) atoms. The van der Waals surface area contributed by atoms with Crippen molar-refractivity contribution in [2.45, 2.75) is 37.5 Å². The van der Waals surface area contributed by atoms with Crippen LogP contribution in [0.2, 0.25) is 5.02 Å². The van der Waals surface area contributed by atoms with Crippen molar-refractivity contribution in [2.75, 3.05) is 16.8 Å². The Morgan fingerprint density at radius 1 is 1.59 bits per heavy atom. The maximum absolute atomic E-state index is 6.05. The molecule has 94 valence electrons. The summed E-state index contributed by atoms with van der Waals surface area (Å²) in [6, 6.07) is 0.437. The quantitative estimate of drug-likeness (QED) is 0.882. The summed E-state index contributed by atoms with van der Waals surface area (Å²) in [4.78, 5) is 8.00. The second-order valence-corrected chi connectivity index (χ2v) is 6.02. The Morgan fingerprint density at radius 3 is 3.18 bits per heavy atom. The summed E-state index contributed by atoms with van der Waals surface area (Å²) in [6.45, 7) is 2.19.